The van der Waals surface area contributed by atoms with E-state index in [2.05, 4.69) is 19.6 Å². The average Bonchev–Trinajstić information content (AvgIpc) is 1.37. The molecule has 0 aromatic heterocycles. The minimum Gasteiger partial charge on any atom is -0.793 e. The van der Waals surface area contributed by atoms with Gasteiger partial charge < -0.3 is 12.6 Å². The molecule has 0 aliphatic heterocycles. The molecule has 0 heterocycles. The SMILES string of the molecule is CCC[S-].[W].[W].[W].[W].[W].[W].[W].[W].[W].[W].[W]. The van der Waals surface area contributed by atoms with E-state index in [0.29, 0.717) is 0 Å². The largest absolute Gasteiger partial charge is 0.793 e. The molecule has 0 unspecified atom stereocenters. The van der Waals surface area contributed by atoms with Crippen LogP contribution in [0.5, 0.6) is 0 Å². The maximum Gasteiger partial charge on any atom is 0 e. The topological polar surface area (TPSA) is 0 Å². The van der Waals surface area contributed by atoms with Gasteiger partial charge in [0, 0.05) is 232 Å². The summed E-state index contributed by atoms with van der Waals surface area (Å²) in [5.74, 6) is 0.903. The van der Waals surface area contributed by atoms with Crippen molar-refractivity contribution in [2.75, 3.05) is 5.75 Å². The van der Waals surface area contributed by atoms with Gasteiger partial charge in [0.15, 0.2) is 0 Å². The van der Waals surface area contributed by atoms with Gasteiger partial charge in [-0.3, -0.25) is 0 Å². The van der Waals surface area contributed by atoms with Crippen molar-refractivity contribution >= 4 is 12.6 Å². The minimum atomic E-state index is 0. The van der Waals surface area contributed by atoms with E-state index in [9.17, 15) is 0 Å². The normalized spacial score (nSPS) is 2.00. The van der Waals surface area contributed by atoms with E-state index in [-0.39, 0.29) is 232 Å². The first-order valence-electron chi connectivity index (χ1n) is 1.50. The van der Waals surface area contributed by atoms with E-state index in [0.717, 1.165) is 12.2 Å². The van der Waals surface area contributed by atoms with Gasteiger partial charge >= 0.3 is 0 Å². The van der Waals surface area contributed by atoms with Gasteiger partial charge in [-0.2, -0.15) is 5.75 Å². The smallest absolute Gasteiger partial charge is 0 e. The van der Waals surface area contributed by atoms with Crippen molar-refractivity contribution in [2.45, 2.75) is 13.3 Å². The van der Waals surface area contributed by atoms with Crippen LogP contribution in [0.3, 0.4) is 0 Å². The summed E-state index contributed by atoms with van der Waals surface area (Å²) in [5, 5.41) is 0. The molecule has 0 N–H and O–H groups in total. The van der Waals surface area contributed by atoms with E-state index >= 15 is 0 Å². The van der Waals surface area contributed by atoms with Gasteiger partial charge in [-0.15, -0.1) is 0 Å². The van der Waals surface area contributed by atoms with Gasteiger partial charge in [0.1, 0.15) is 0 Å². The summed E-state index contributed by atoms with van der Waals surface area (Å²) in [6.45, 7) is 2.08. The van der Waals surface area contributed by atoms with Crippen LogP contribution in [0.2, 0.25) is 0 Å². The molecule has 0 aromatic rings. The monoisotopic (exact) mass is 2100 g/mol. The van der Waals surface area contributed by atoms with Crippen LogP contribution >= 0.6 is 0 Å². The van der Waals surface area contributed by atoms with Crippen LogP contribution in [0.1, 0.15) is 13.3 Å². The molecule has 0 amide bonds. The number of hydrogen-bond acceptors (Lipinski definition) is 1. The standard InChI is InChI=1S/C3H8S.11W/c1-2-3-4;;;;;;;;;;;/h4H,2-3H2,1H3;;;;;;;;;;;/p-1. The van der Waals surface area contributed by atoms with Crippen molar-refractivity contribution in [3.63, 3.8) is 0 Å². The minimum absolute atomic E-state index is 0. The second kappa shape index (κ2) is 97.5. The van der Waals surface area contributed by atoms with E-state index in [1.54, 1.807) is 0 Å². The van der Waals surface area contributed by atoms with Gasteiger partial charge in [0.05, 0.1) is 0 Å². The van der Waals surface area contributed by atoms with Gasteiger partial charge in [0.2, 0.25) is 0 Å². The summed E-state index contributed by atoms with van der Waals surface area (Å²) in [6.07, 6.45) is 1.13. The molecule has 0 rings (SSSR count). The summed E-state index contributed by atoms with van der Waals surface area (Å²) in [4.78, 5) is 0. The van der Waals surface area contributed by atoms with Crippen LogP contribution in [-0.4, -0.2) is 5.75 Å². The van der Waals surface area contributed by atoms with Crippen molar-refractivity contribution < 1.29 is 232 Å². The van der Waals surface area contributed by atoms with Crippen LogP contribution in [0, 0.1) is 0 Å². The number of hydrogen-bond donors (Lipinski definition) is 0. The molecule has 0 radical (unpaired) electrons. The Morgan fingerprint density at radius 1 is 0.533 bits per heavy atom. The van der Waals surface area contributed by atoms with Crippen molar-refractivity contribution in [3.8, 4) is 0 Å². The van der Waals surface area contributed by atoms with Gasteiger partial charge in [-0.05, 0) is 0 Å². The zero-order valence-corrected chi connectivity index (χ0v) is 40.4. The predicted octanol–water partition coefficient (Wildman–Crippen LogP) is 0.916. The summed E-state index contributed by atoms with van der Waals surface area (Å²) < 4.78 is 0. The van der Waals surface area contributed by atoms with E-state index in [1.165, 1.54) is 0 Å². The molecule has 0 aliphatic carbocycles. The quantitative estimate of drug-likeness (QED) is 0.353. The van der Waals surface area contributed by atoms with Crippen LogP contribution in [-0.2, 0) is 244 Å². The number of rotatable bonds is 1. The summed E-state index contributed by atoms with van der Waals surface area (Å²) in [7, 11) is 0. The zero-order valence-electron chi connectivity index (χ0n) is 7.31. The molecule has 0 aliphatic rings. The molecule has 0 bridgehead atoms. The fourth-order valence-corrected chi connectivity index (χ4v) is 0. The molecular formula is C3H7SW11-. The van der Waals surface area contributed by atoms with Gasteiger partial charge in [-0.25, -0.2) is 0 Å². The first-order valence-corrected chi connectivity index (χ1v) is 2.07. The second-order valence-corrected chi connectivity index (χ2v) is 1.11. The molecule has 0 saturated carbocycles. The first-order chi connectivity index (χ1) is 1.91. The Kier molecular flexibility index (Phi) is 600. The van der Waals surface area contributed by atoms with Crippen molar-refractivity contribution in [2.24, 2.45) is 0 Å². The molecule has 0 aromatic carbocycles. The van der Waals surface area contributed by atoms with Gasteiger partial charge in [0.25, 0.3) is 0 Å². The fourth-order valence-electron chi connectivity index (χ4n) is 0. The molecule has 12 heteroatoms. The Hall–Kier alpha value is 7.92. The molecule has 15 heavy (non-hydrogen) atoms. The van der Waals surface area contributed by atoms with Crippen molar-refractivity contribution in [1.82, 2.24) is 0 Å². The summed E-state index contributed by atoms with van der Waals surface area (Å²) >= 11 is 4.55. The fraction of sp³-hybridized carbons (Fsp3) is 1.00. The van der Waals surface area contributed by atoms with Crippen LogP contribution in [0.25, 0.3) is 0 Å². The summed E-state index contributed by atoms with van der Waals surface area (Å²) in [6, 6.07) is 0. The van der Waals surface area contributed by atoms with Crippen molar-refractivity contribution in [1.29, 1.82) is 0 Å². The predicted molar refractivity (Wildman–Crippen MR) is 22.5 cm³/mol. The Morgan fingerprint density at radius 3 is 0.600 bits per heavy atom. The maximum atomic E-state index is 4.55. The van der Waals surface area contributed by atoms with E-state index in [4.69, 9.17) is 0 Å². The Bertz CT molecular complexity index is 17.8. The third-order valence-corrected chi connectivity index (χ3v) is 0.612. The molecular weight excluding hydrogens is 2090 g/mol. The third kappa shape index (κ3) is 109. The maximum absolute atomic E-state index is 4.55. The molecule has 0 spiro atoms. The van der Waals surface area contributed by atoms with Crippen molar-refractivity contribution in [3.05, 3.63) is 0 Å². The van der Waals surface area contributed by atoms with Gasteiger partial charge in [-0.1, -0.05) is 13.3 Å². The Balaban J connectivity index is -0.000000000818. The molecule has 0 nitrogen and oxygen atoms in total. The average molecular weight is 2100 g/mol. The summed E-state index contributed by atoms with van der Waals surface area (Å²) in [5.41, 5.74) is 0. The zero-order chi connectivity index (χ0) is 3.41. The van der Waals surface area contributed by atoms with E-state index < -0.39 is 0 Å². The molecule has 0 saturated heterocycles. The molecule has 0 atom stereocenters. The molecule has 0 fully saturated rings. The first kappa shape index (κ1) is 92.3. The molecule has 92 valence electrons. The van der Waals surface area contributed by atoms with Crippen LogP contribution in [0.15, 0.2) is 0 Å². The van der Waals surface area contributed by atoms with Crippen LogP contribution < -0.4 is 0 Å². The third-order valence-electron chi connectivity index (χ3n) is 0.204. The van der Waals surface area contributed by atoms with Crippen LogP contribution in [0.4, 0.5) is 0 Å². The second-order valence-electron chi connectivity index (χ2n) is 0.704. The Labute approximate surface area is 257 Å². The Morgan fingerprint density at radius 2 is 0.600 bits per heavy atom. The van der Waals surface area contributed by atoms with E-state index in [1.807, 2.05) is 0 Å².